The highest BCUT2D eigenvalue weighted by atomic mass is 16.3. The third kappa shape index (κ3) is 1.90. The van der Waals surface area contributed by atoms with Crippen LogP contribution in [0.1, 0.15) is 31.0 Å². The Morgan fingerprint density at radius 2 is 1.70 bits per heavy atom. The molecule has 0 fully saturated rings. The van der Waals surface area contributed by atoms with E-state index in [0.717, 1.165) is 6.42 Å². The standard InChI is InChI=1S/C17H19NO2/c1-11-10-13-6-3-4-7-14(13)18(11)12(2)17-15(19)8-5-9-16(17)20/h3-9,11-12,19-20H,10H2,1-2H3. The van der Waals surface area contributed by atoms with Gasteiger partial charge >= 0.3 is 0 Å². The lowest BCUT2D eigenvalue weighted by atomic mass is 10.0. The Morgan fingerprint density at radius 3 is 2.40 bits per heavy atom. The second-order valence-corrected chi connectivity index (χ2v) is 5.48. The maximum Gasteiger partial charge on any atom is 0.124 e. The molecule has 104 valence electrons. The van der Waals surface area contributed by atoms with Crippen molar-refractivity contribution < 1.29 is 10.2 Å². The van der Waals surface area contributed by atoms with Gasteiger partial charge in [-0.1, -0.05) is 24.3 Å². The molecule has 3 heteroatoms. The lowest BCUT2D eigenvalue weighted by molar-refractivity contribution is 0.425. The van der Waals surface area contributed by atoms with Crippen molar-refractivity contribution in [3.05, 3.63) is 53.6 Å². The number of benzene rings is 2. The predicted octanol–water partition coefficient (Wildman–Crippen LogP) is 3.61. The van der Waals surface area contributed by atoms with Crippen LogP contribution in [0.3, 0.4) is 0 Å². The molecule has 1 aliphatic heterocycles. The van der Waals surface area contributed by atoms with E-state index in [0.29, 0.717) is 11.6 Å². The topological polar surface area (TPSA) is 43.7 Å². The number of fused-ring (bicyclic) bond motifs is 1. The fourth-order valence-electron chi connectivity index (χ4n) is 3.29. The Balaban J connectivity index is 2.05. The Morgan fingerprint density at radius 1 is 1.05 bits per heavy atom. The largest absolute Gasteiger partial charge is 0.507 e. The molecular formula is C17H19NO2. The van der Waals surface area contributed by atoms with E-state index >= 15 is 0 Å². The Hall–Kier alpha value is -2.16. The fourth-order valence-corrected chi connectivity index (χ4v) is 3.29. The molecule has 1 aliphatic rings. The molecular weight excluding hydrogens is 250 g/mol. The maximum absolute atomic E-state index is 10.1. The monoisotopic (exact) mass is 269 g/mol. The molecule has 0 saturated heterocycles. The van der Waals surface area contributed by atoms with Crippen LogP contribution in [0.4, 0.5) is 5.69 Å². The molecule has 1 heterocycles. The summed E-state index contributed by atoms with van der Waals surface area (Å²) in [6.07, 6.45) is 0.995. The van der Waals surface area contributed by atoms with Crippen molar-refractivity contribution in [1.82, 2.24) is 0 Å². The van der Waals surface area contributed by atoms with Crippen molar-refractivity contribution in [2.75, 3.05) is 4.90 Å². The van der Waals surface area contributed by atoms with Gasteiger partial charge in [0.15, 0.2) is 0 Å². The van der Waals surface area contributed by atoms with Crippen LogP contribution in [0, 0.1) is 0 Å². The summed E-state index contributed by atoms with van der Waals surface area (Å²) in [7, 11) is 0. The van der Waals surface area contributed by atoms with Crippen LogP contribution in [0.5, 0.6) is 11.5 Å². The van der Waals surface area contributed by atoms with Gasteiger partial charge in [0, 0.05) is 11.7 Å². The number of hydrogen-bond acceptors (Lipinski definition) is 3. The normalized spacial score (nSPS) is 18.9. The van der Waals surface area contributed by atoms with Crippen LogP contribution in [-0.2, 0) is 6.42 Å². The Labute approximate surface area is 119 Å². The van der Waals surface area contributed by atoms with Gasteiger partial charge in [0.05, 0.1) is 11.6 Å². The minimum absolute atomic E-state index is 0.0742. The molecule has 3 rings (SSSR count). The number of phenols is 2. The van der Waals surface area contributed by atoms with E-state index < -0.39 is 0 Å². The SMILES string of the molecule is CC1Cc2ccccc2N1C(C)c1c(O)cccc1O. The molecule has 20 heavy (non-hydrogen) atoms. The Bertz CT molecular complexity index is 618. The minimum Gasteiger partial charge on any atom is -0.507 e. The molecule has 3 nitrogen and oxygen atoms in total. The van der Waals surface area contributed by atoms with Crippen LogP contribution >= 0.6 is 0 Å². The Kier molecular flexibility index (Phi) is 3.05. The van der Waals surface area contributed by atoms with Gasteiger partial charge in [-0.25, -0.2) is 0 Å². The van der Waals surface area contributed by atoms with Gasteiger partial charge < -0.3 is 15.1 Å². The summed E-state index contributed by atoms with van der Waals surface area (Å²) in [5.74, 6) is 0.295. The number of rotatable bonds is 2. The highest BCUT2D eigenvalue weighted by Gasteiger charge is 2.32. The van der Waals surface area contributed by atoms with Crippen LogP contribution in [0.2, 0.25) is 0 Å². The smallest absolute Gasteiger partial charge is 0.124 e. The zero-order valence-electron chi connectivity index (χ0n) is 11.7. The zero-order valence-corrected chi connectivity index (χ0v) is 11.7. The van der Waals surface area contributed by atoms with Gasteiger partial charge in [-0.05, 0) is 44.0 Å². The van der Waals surface area contributed by atoms with E-state index in [4.69, 9.17) is 0 Å². The van der Waals surface area contributed by atoms with Crippen molar-refractivity contribution in [2.24, 2.45) is 0 Å². The number of nitrogens with zero attached hydrogens (tertiary/aromatic N) is 1. The molecule has 0 saturated carbocycles. The van der Waals surface area contributed by atoms with E-state index in [1.165, 1.54) is 11.3 Å². The molecule has 0 radical (unpaired) electrons. The van der Waals surface area contributed by atoms with Crippen molar-refractivity contribution >= 4 is 5.69 Å². The van der Waals surface area contributed by atoms with Crippen molar-refractivity contribution in [2.45, 2.75) is 32.4 Å². The highest BCUT2D eigenvalue weighted by molar-refractivity contribution is 5.62. The average molecular weight is 269 g/mol. The maximum atomic E-state index is 10.1. The van der Waals surface area contributed by atoms with Crippen LogP contribution in [0.15, 0.2) is 42.5 Å². The van der Waals surface area contributed by atoms with E-state index in [-0.39, 0.29) is 17.5 Å². The van der Waals surface area contributed by atoms with E-state index in [1.54, 1.807) is 18.2 Å². The summed E-state index contributed by atoms with van der Waals surface area (Å²) >= 11 is 0. The number of aromatic hydroxyl groups is 2. The van der Waals surface area contributed by atoms with Gasteiger partial charge in [0.1, 0.15) is 11.5 Å². The second kappa shape index (κ2) is 4.75. The quantitative estimate of drug-likeness (QED) is 0.875. The summed E-state index contributed by atoms with van der Waals surface area (Å²) in [5.41, 5.74) is 3.10. The molecule has 0 amide bonds. The van der Waals surface area contributed by atoms with Gasteiger partial charge in [0.25, 0.3) is 0 Å². The molecule has 0 bridgehead atoms. The molecule has 0 aromatic heterocycles. The van der Waals surface area contributed by atoms with Gasteiger partial charge in [-0.15, -0.1) is 0 Å². The molecule has 2 aromatic carbocycles. The molecule has 2 aromatic rings. The summed E-state index contributed by atoms with van der Waals surface area (Å²) in [5, 5.41) is 20.1. The fraction of sp³-hybridized carbons (Fsp3) is 0.294. The third-order valence-electron chi connectivity index (χ3n) is 4.16. The van der Waals surface area contributed by atoms with E-state index in [2.05, 4.69) is 30.0 Å². The van der Waals surface area contributed by atoms with Crippen LogP contribution < -0.4 is 4.90 Å². The van der Waals surface area contributed by atoms with E-state index in [1.807, 2.05) is 13.0 Å². The second-order valence-electron chi connectivity index (χ2n) is 5.48. The number of para-hydroxylation sites is 1. The zero-order chi connectivity index (χ0) is 14.3. The first-order valence-electron chi connectivity index (χ1n) is 6.96. The lowest BCUT2D eigenvalue weighted by Gasteiger charge is -2.32. The first-order chi connectivity index (χ1) is 9.59. The summed E-state index contributed by atoms with van der Waals surface area (Å²) < 4.78 is 0. The minimum atomic E-state index is -0.0742. The van der Waals surface area contributed by atoms with Gasteiger partial charge in [-0.2, -0.15) is 0 Å². The highest BCUT2D eigenvalue weighted by Crippen LogP contribution is 2.43. The molecule has 0 aliphatic carbocycles. The summed E-state index contributed by atoms with van der Waals surface area (Å²) in [4.78, 5) is 2.27. The summed E-state index contributed by atoms with van der Waals surface area (Å²) in [6.45, 7) is 4.20. The van der Waals surface area contributed by atoms with Crippen molar-refractivity contribution in [3.8, 4) is 11.5 Å². The first kappa shape index (κ1) is 12.9. The summed E-state index contributed by atoms with van der Waals surface area (Å²) in [6, 6.07) is 13.5. The first-order valence-corrected chi connectivity index (χ1v) is 6.96. The number of phenolic OH excluding ortho intramolecular Hbond substituents is 2. The van der Waals surface area contributed by atoms with Crippen molar-refractivity contribution in [3.63, 3.8) is 0 Å². The third-order valence-corrected chi connectivity index (χ3v) is 4.16. The molecule has 2 atom stereocenters. The van der Waals surface area contributed by atoms with E-state index in [9.17, 15) is 10.2 Å². The van der Waals surface area contributed by atoms with Gasteiger partial charge in [0.2, 0.25) is 0 Å². The predicted molar refractivity (Wildman–Crippen MR) is 80.3 cm³/mol. The van der Waals surface area contributed by atoms with Crippen LogP contribution in [0.25, 0.3) is 0 Å². The molecule has 2 unspecified atom stereocenters. The molecule has 0 spiro atoms. The number of hydrogen-bond donors (Lipinski definition) is 2. The van der Waals surface area contributed by atoms with Crippen LogP contribution in [-0.4, -0.2) is 16.3 Å². The average Bonchev–Trinajstić information content (AvgIpc) is 2.74. The number of anilines is 1. The lowest BCUT2D eigenvalue weighted by Crippen LogP contribution is -2.32. The van der Waals surface area contributed by atoms with Gasteiger partial charge in [-0.3, -0.25) is 0 Å². The van der Waals surface area contributed by atoms with Crippen molar-refractivity contribution in [1.29, 1.82) is 0 Å². The molecule has 2 N–H and O–H groups in total.